The molecule has 7 N–H and O–H groups in total. The van der Waals surface area contributed by atoms with E-state index in [4.69, 9.17) is 15.8 Å². The van der Waals surface area contributed by atoms with Crippen molar-refractivity contribution in [2.75, 3.05) is 6.54 Å². The molecule has 1 aliphatic rings. The van der Waals surface area contributed by atoms with Gasteiger partial charge >= 0.3 is 13.1 Å². The van der Waals surface area contributed by atoms with Gasteiger partial charge in [-0.1, -0.05) is 26.7 Å². The van der Waals surface area contributed by atoms with Gasteiger partial charge in [-0.05, 0) is 32.0 Å². The smallest absolute Gasteiger partial charge is 0.451 e. The number of carboxylic acid groups (broad SMARTS) is 1. The monoisotopic (exact) mass is 343 g/mol. The molecule has 1 unspecified atom stereocenters. The molecule has 1 aliphatic heterocycles. The molecular formula is C15H30BN3O5. The van der Waals surface area contributed by atoms with Gasteiger partial charge in [0.15, 0.2) is 0 Å². The van der Waals surface area contributed by atoms with Crippen molar-refractivity contribution in [3.63, 3.8) is 0 Å². The van der Waals surface area contributed by atoms with Crippen LogP contribution in [0.1, 0.15) is 46.5 Å². The van der Waals surface area contributed by atoms with Crippen LogP contribution in [-0.2, 0) is 9.59 Å². The first-order valence-corrected chi connectivity index (χ1v) is 8.45. The van der Waals surface area contributed by atoms with Crippen molar-refractivity contribution in [2.24, 2.45) is 11.7 Å². The first-order chi connectivity index (χ1) is 11.0. The van der Waals surface area contributed by atoms with E-state index in [2.05, 4.69) is 10.6 Å². The van der Waals surface area contributed by atoms with Crippen LogP contribution in [0, 0.1) is 5.92 Å². The molecule has 0 aromatic carbocycles. The minimum absolute atomic E-state index is 0.0407. The van der Waals surface area contributed by atoms with Gasteiger partial charge in [0.1, 0.15) is 5.54 Å². The Labute approximate surface area is 143 Å². The maximum Gasteiger partial charge on any atom is 0.451 e. The van der Waals surface area contributed by atoms with Crippen LogP contribution in [0.15, 0.2) is 0 Å². The van der Waals surface area contributed by atoms with E-state index in [-0.39, 0.29) is 30.6 Å². The number of nitrogens with two attached hydrogens (primary N) is 1. The lowest BCUT2D eigenvalue weighted by Gasteiger charge is -2.29. The summed E-state index contributed by atoms with van der Waals surface area (Å²) in [6.07, 6.45) is 1.95. The molecule has 24 heavy (non-hydrogen) atoms. The fourth-order valence-electron chi connectivity index (χ4n) is 2.80. The van der Waals surface area contributed by atoms with Gasteiger partial charge in [-0.25, -0.2) is 0 Å². The van der Waals surface area contributed by atoms with Crippen LogP contribution in [0.4, 0.5) is 0 Å². The van der Waals surface area contributed by atoms with Crippen LogP contribution < -0.4 is 16.4 Å². The minimum Gasteiger partial charge on any atom is -0.480 e. The molecule has 1 heterocycles. The normalized spacial score (nSPS) is 26.2. The number of nitrogens with one attached hydrogen (secondary N) is 2. The lowest BCUT2D eigenvalue weighted by Crippen LogP contribution is -2.57. The van der Waals surface area contributed by atoms with Gasteiger partial charge in [-0.2, -0.15) is 0 Å². The number of carbonyl (C=O) groups excluding carboxylic acids is 1. The predicted octanol–water partition coefficient (Wildman–Crippen LogP) is -0.696. The molecule has 138 valence electrons. The summed E-state index contributed by atoms with van der Waals surface area (Å²) in [6.45, 7) is 5.77. The van der Waals surface area contributed by atoms with E-state index < -0.39 is 24.2 Å². The van der Waals surface area contributed by atoms with E-state index in [1.807, 2.05) is 13.8 Å². The van der Waals surface area contributed by atoms with Crippen molar-refractivity contribution >= 4 is 19.0 Å². The third kappa shape index (κ3) is 5.17. The maximum absolute atomic E-state index is 12.3. The third-order valence-corrected chi connectivity index (χ3v) is 5.03. The Morgan fingerprint density at radius 3 is 2.54 bits per heavy atom. The molecule has 0 aliphatic carbocycles. The Morgan fingerprint density at radius 2 is 2.04 bits per heavy atom. The highest BCUT2D eigenvalue weighted by molar-refractivity contribution is 6.40. The van der Waals surface area contributed by atoms with Crippen molar-refractivity contribution in [3.8, 4) is 0 Å². The summed E-state index contributed by atoms with van der Waals surface area (Å²) in [4.78, 5) is 24.0. The number of hydrogen-bond acceptors (Lipinski definition) is 6. The van der Waals surface area contributed by atoms with Gasteiger partial charge in [-0.15, -0.1) is 0 Å². The number of hydrogen-bond donors (Lipinski definition) is 6. The second-order valence-electron chi connectivity index (χ2n) is 7.31. The zero-order chi connectivity index (χ0) is 18.5. The highest BCUT2D eigenvalue weighted by atomic mass is 16.4. The molecular weight excluding hydrogens is 313 g/mol. The molecule has 8 nitrogen and oxygen atoms in total. The Hall–Kier alpha value is -1.16. The molecule has 0 radical (unpaired) electrons. The molecule has 0 saturated carbocycles. The van der Waals surface area contributed by atoms with Crippen molar-refractivity contribution in [1.29, 1.82) is 0 Å². The summed E-state index contributed by atoms with van der Waals surface area (Å²) in [7, 11) is -1.37. The van der Waals surface area contributed by atoms with Gasteiger partial charge in [0.05, 0.1) is 5.54 Å². The predicted molar refractivity (Wildman–Crippen MR) is 91.2 cm³/mol. The molecule has 3 atom stereocenters. The maximum atomic E-state index is 12.3. The SMILES string of the molecule is CC(C)C(C)(N)C(=O)N[C@H]1CN[C@@](CCCCB(O)O)(C(=O)O)C1. The number of aliphatic carboxylic acids is 1. The zero-order valence-electron chi connectivity index (χ0n) is 14.7. The molecule has 1 amide bonds. The van der Waals surface area contributed by atoms with E-state index in [1.165, 1.54) is 0 Å². The Morgan fingerprint density at radius 1 is 1.42 bits per heavy atom. The van der Waals surface area contributed by atoms with Crippen LogP contribution in [0.3, 0.4) is 0 Å². The number of rotatable bonds is 9. The summed E-state index contributed by atoms with van der Waals surface area (Å²) in [6, 6.07) is -0.293. The molecule has 1 rings (SSSR count). The van der Waals surface area contributed by atoms with Gasteiger partial charge in [-0.3, -0.25) is 14.9 Å². The standard InChI is InChI=1S/C15H30BN3O5/c1-10(2)14(3,17)12(20)19-11-8-15(13(21)22,18-9-11)6-4-5-7-16(23)24/h10-11,18,23-24H,4-9,17H2,1-3H3,(H,19,20)(H,21,22)/t11-,14?,15-/m1/s1. The fraction of sp³-hybridized carbons (Fsp3) is 0.867. The molecule has 0 aromatic rings. The van der Waals surface area contributed by atoms with Gasteiger partial charge in [0.2, 0.25) is 5.91 Å². The topological polar surface area (TPSA) is 145 Å². The number of unbranched alkanes of at least 4 members (excludes halogenated alkanes) is 1. The zero-order valence-corrected chi connectivity index (χ0v) is 14.7. The summed E-state index contributed by atoms with van der Waals surface area (Å²) >= 11 is 0. The highest BCUT2D eigenvalue weighted by Crippen LogP contribution is 2.27. The Kier molecular flexibility index (Phi) is 7.21. The first kappa shape index (κ1) is 20.9. The first-order valence-electron chi connectivity index (χ1n) is 8.45. The van der Waals surface area contributed by atoms with Crippen LogP contribution in [-0.4, -0.2) is 57.8 Å². The van der Waals surface area contributed by atoms with E-state index in [1.54, 1.807) is 6.92 Å². The molecule has 1 fully saturated rings. The van der Waals surface area contributed by atoms with Crippen molar-refractivity contribution < 1.29 is 24.7 Å². The summed E-state index contributed by atoms with van der Waals surface area (Å²) in [5.41, 5.74) is 3.93. The van der Waals surface area contributed by atoms with Crippen LogP contribution in [0.5, 0.6) is 0 Å². The average molecular weight is 343 g/mol. The largest absolute Gasteiger partial charge is 0.480 e. The summed E-state index contributed by atoms with van der Waals surface area (Å²) < 4.78 is 0. The second kappa shape index (κ2) is 8.29. The third-order valence-electron chi connectivity index (χ3n) is 5.03. The van der Waals surface area contributed by atoms with Crippen molar-refractivity contribution in [2.45, 2.75) is 69.9 Å². The van der Waals surface area contributed by atoms with E-state index in [0.717, 1.165) is 0 Å². The quantitative estimate of drug-likeness (QED) is 0.240. The van der Waals surface area contributed by atoms with E-state index >= 15 is 0 Å². The molecule has 9 heteroatoms. The molecule has 0 aromatic heterocycles. The fourth-order valence-corrected chi connectivity index (χ4v) is 2.80. The minimum atomic E-state index is -1.37. The highest BCUT2D eigenvalue weighted by Gasteiger charge is 2.46. The summed E-state index contributed by atoms with van der Waals surface area (Å²) in [5, 5.41) is 33.1. The Bertz CT molecular complexity index is 458. The number of amides is 1. The van der Waals surface area contributed by atoms with Crippen LogP contribution in [0.25, 0.3) is 0 Å². The van der Waals surface area contributed by atoms with Crippen LogP contribution in [0.2, 0.25) is 6.32 Å². The van der Waals surface area contributed by atoms with Gasteiger partial charge in [0.25, 0.3) is 0 Å². The van der Waals surface area contributed by atoms with Gasteiger partial charge < -0.3 is 26.2 Å². The van der Waals surface area contributed by atoms with Gasteiger partial charge in [0, 0.05) is 12.6 Å². The summed E-state index contributed by atoms with van der Waals surface area (Å²) in [5.74, 6) is -1.28. The lowest BCUT2D eigenvalue weighted by atomic mass is 9.81. The van der Waals surface area contributed by atoms with Crippen molar-refractivity contribution in [1.82, 2.24) is 10.6 Å². The van der Waals surface area contributed by atoms with Crippen LogP contribution >= 0.6 is 0 Å². The Balaban J connectivity index is 2.61. The average Bonchev–Trinajstić information content (AvgIpc) is 2.87. The number of carboxylic acids is 1. The molecule has 0 spiro atoms. The lowest BCUT2D eigenvalue weighted by molar-refractivity contribution is -0.144. The molecule has 0 bridgehead atoms. The van der Waals surface area contributed by atoms with E-state index in [9.17, 15) is 14.7 Å². The number of carbonyl (C=O) groups is 2. The molecule has 1 saturated heterocycles. The van der Waals surface area contributed by atoms with Crippen molar-refractivity contribution in [3.05, 3.63) is 0 Å². The van der Waals surface area contributed by atoms with E-state index in [0.29, 0.717) is 25.8 Å². The second-order valence-corrected chi connectivity index (χ2v) is 7.31.